The fourth-order valence-corrected chi connectivity index (χ4v) is 10.2. The Hall–Kier alpha value is -6.70. The molecule has 0 fully saturated rings. The van der Waals surface area contributed by atoms with Crippen molar-refractivity contribution in [2.45, 2.75) is 52.4 Å². The average Bonchev–Trinajstić information content (AvgIpc) is 3.56. The first-order valence-electron chi connectivity index (χ1n) is 21.1. The van der Waals surface area contributed by atoms with E-state index in [2.05, 4.69) is 210 Å². The first-order valence-corrected chi connectivity index (χ1v) is 21.1. The molecule has 0 unspecified atom stereocenters. The number of rotatable bonds is 3. The predicted octanol–water partition coefficient (Wildman–Crippen LogP) is 16.5. The van der Waals surface area contributed by atoms with Gasteiger partial charge in [0.1, 0.15) is 0 Å². The van der Waals surface area contributed by atoms with E-state index in [9.17, 15) is 0 Å². The highest BCUT2D eigenvalue weighted by atomic mass is 15.0. The van der Waals surface area contributed by atoms with Crippen molar-refractivity contribution in [3.63, 3.8) is 0 Å². The zero-order valence-corrected chi connectivity index (χ0v) is 34.5. The van der Waals surface area contributed by atoms with Gasteiger partial charge in [-0.05, 0) is 133 Å². The van der Waals surface area contributed by atoms with Crippen LogP contribution in [0.2, 0.25) is 0 Å². The molecule has 0 atom stereocenters. The maximum Gasteiger partial charge on any atom is 0.0547 e. The standard InChI is InChI=1S/C58H45N/c1-57(2,3)42-28-38-14-12-34-16-22-45(49-26-20-40(30-42)53(38)55(34)49)36-18-24-47-48-25-19-37(33-52(48)59(51(47)32-36)44-10-8-7-9-11-44)46-23-17-35-13-15-39-29-43(58(4,5)6)31-41-21-27-50(46)56(35)54(39)41/h7-33H,1-6H3. The lowest BCUT2D eigenvalue weighted by molar-refractivity contribution is 0.591. The molecule has 0 aliphatic rings. The summed E-state index contributed by atoms with van der Waals surface area (Å²) in [5.74, 6) is 0. The highest BCUT2D eigenvalue weighted by Gasteiger charge is 2.22. The lowest BCUT2D eigenvalue weighted by atomic mass is 9.82. The van der Waals surface area contributed by atoms with Crippen LogP contribution >= 0.6 is 0 Å². The van der Waals surface area contributed by atoms with E-state index in [1.165, 1.54) is 120 Å². The highest BCUT2D eigenvalue weighted by molar-refractivity contribution is 6.27. The third-order valence-electron chi connectivity index (χ3n) is 13.3. The van der Waals surface area contributed by atoms with E-state index in [4.69, 9.17) is 0 Å². The number of fused-ring (bicyclic) bond motifs is 3. The van der Waals surface area contributed by atoms with Gasteiger partial charge in [-0.15, -0.1) is 0 Å². The van der Waals surface area contributed by atoms with Crippen LogP contribution in [0.4, 0.5) is 0 Å². The van der Waals surface area contributed by atoms with Crippen molar-refractivity contribution in [3.8, 4) is 27.9 Å². The van der Waals surface area contributed by atoms with Gasteiger partial charge in [0.2, 0.25) is 0 Å². The number of aromatic nitrogens is 1. The Labute approximate surface area is 344 Å². The lowest BCUT2D eigenvalue weighted by Gasteiger charge is -2.22. The number of para-hydroxylation sites is 1. The Kier molecular flexibility index (Phi) is 6.95. The molecule has 1 aromatic heterocycles. The quantitative estimate of drug-likeness (QED) is 0.158. The summed E-state index contributed by atoms with van der Waals surface area (Å²) < 4.78 is 2.48. The van der Waals surface area contributed by atoms with Gasteiger partial charge in [0.25, 0.3) is 0 Å². The summed E-state index contributed by atoms with van der Waals surface area (Å²) in [6.45, 7) is 13.8. The molecular weight excluding hydrogens is 711 g/mol. The molecule has 0 aliphatic heterocycles. The minimum Gasteiger partial charge on any atom is -0.309 e. The van der Waals surface area contributed by atoms with E-state index in [-0.39, 0.29) is 10.8 Å². The van der Waals surface area contributed by atoms with Gasteiger partial charge in [0, 0.05) is 16.5 Å². The van der Waals surface area contributed by atoms with E-state index in [1.54, 1.807) is 0 Å². The van der Waals surface area contributed by atoms with Crippen LogP contribution in [0.3, 0.4) is 0 Å². The molecule has 1 heterocycles. The zero-order chi connectivity index (χ0) is 39.9. The van der Waals surface area contributed by atoms with Crippen LogP contribution in [0.5, 0.6) is 0 Å². The fourth-order valence-electron chi connectivity index (χ4n) is 10.2. The SMILES string of the molecule is CC(C)(C)c1cc2ccc3ccc(-c4ccc5c6ccc(-c7ccc8ccc9cc(C(C)(C)C)cc%10ccc7c8c9%10)cc6n(-c6ccccc6)c5c4)c4ccc(c1)c2c34. The molecule has 1 nitrogen and oxygen atoms in total. The van der Waals surface area contributed by atoms with Crippen molar-refractivity contribution in [1.29, 1.82) is 0 Å². The summed E-state index contributed by atoms with van der Waals surface area (Å²) >= 11 is 0. The summed E-state index contributed by atoms with van der Waals surface area (Å²) in [7, 11) is 0. The first-order chi connectivity index (χ1) is 28.5. The maximum atomic E-state index is 2.48. The minimum absolute atomic E-state index is 0.0850. The number of benzene rings is 11. The van der Waals surface area contributed by atoms with Crippen LogP contribution in [0, 0.1) is 0 Å². The second-order valence-electron chi connectivity index (χ2n) is 19.0. The molecule has 12 aromatic rings. The fraction of sp³-hybridized carbons (Fsp3) is 0.138. The minimum atomic E-state index is 0.0850. The molecule has 282 valence electrons. The molecule has 0 amide bonds. The molecule has 0 radical (unpaired) electrons. The summed E-state index contributed by atoms with van der Waals surface area (Å²) in [5.41, 5.74) is 11.5. The molecule has 0 aliphatic carbocycles. The molecule has 59 heavy (non-hydrogen) atoms. The van der Waals surface area contributed by atoms with Crippen LogP contribution in [-0.2, 0) is 10.8 Å². The second-order valence-corrected chi connectivity index (χ2v) is 19.0. The highest BCUT2D eigenvalue weighted by Crippen LogP contribution is 2.45. The largest absolute Gasteiger partial charge is 0.309 e. The van der Waals surface area contributed by atoms with Gasteiger partial charge in [-0.1, -0.05) is 181 Å². The molecule has 0 bridgehead atoms. The van der Waals surface area contributed by atoms with Crippen LogP contribution in [0.1, 0.15) is 52.7 Å². The average molecular weight is 756 g/mol. The van der Waals surface area contributed by atoms with Gasteiger partial charge >= 0.3 is 0 Å². The monoisotopic (exact) mass is 755 g/mol. The van der Waals surface area contributed by atoms with Gasteiger partial charge in [0.15, 0.2) is 0 Å². The van der Waals surface area contributed by atoms with Gasteiger partial charge < -0.3 is 4.57 Å². The summed E-state index contributed by atoms with van der Waals surface area (Å²) in [4.78, 5) is 0. The normalized spacial score (nSPS) is 12.9. The van der Waals surface area contributed by atoms with Crippen molar-refractivity contribution < 1.29 is 0 Å². The molecule has 11 aromatic carbocycles. The smallest absolute Gasteiger partial charge is 0.0547 e. The van der Waals surface area contributed by atoms with Crippen molar-refractivity contribution in [2.75, 3.05) is 0 Å². The number of hydrogen-bond donors (Lipinski definition) is 0. The molecule has 0 N–H and O–H groups in total. The van der Waals surface area contributed by atoms with E-state index < -0.39 is 0 Å². The maximum absolute atomic E-state index is 2.48. The van der Waals surface area contributed by atoms with E-state index in [0.717, 1.165) is 5.69 Å². The van der Waals surface area contributed by atoms with E-state index >= 15 is 0 Å². The lowest BCUT2D eigenvalue weighted by Crippen LogP contribution is -2.10. The van der Waals surface area contributed by atoms with Gasteiger partial charge in [-0.25, -0.2) is 0 Å². The summed E-state index contributed by atoms with van der Waals surface area (Å²) in [6, 6.07) is 62.6. The second kappa shape index (κ2) is 11.9. The van der Waals surface area contributed by atoms with Crippen molar-refractivity contribution >= 4 is 86.4 Å². The van der Waals surface area contributed by atoms with Crippen LogP contribution < -0.4 is 0 Å². The Morgan fingerprint density at radius 2 is 0.695 bits per heavy atom. The number of nitrogens with zero attached hydrogens (tertiary/aromatic N) is 1. The summed E-state index contributed by atoms with van der Waals surface area (Å²) in [6.07, 6.45) is 0. The Morgan fingerprint density at radius 3 is 1.12 bits per heavy atom. The number of hydrogen-bond acceptors (Lipinski definition) is 0. The van der Waals surface area contributed by atoms with Crippen LogP contribution in [-0.4, -0.2) is 4.57 Å². The Bertz CT molecular complexity index is 3400. The molecule has 0 spiro atoms. The van der Waals surface area contributed by atoms with Gasteiger partial charge in [-0.3, -0.25) is 0 Å². The van der Waals surface area contributed by atoms with Crippen molar-refractivity contribution in [3.05, 3.63) is 175 Å². The van der Waals surface area contributed by atoms with Crippen molar-refractivity contribution in [2.24, 2.45) is 0 Å². The zero-order valence-electron chi connectivity index (χ0n) is 34.5. The van der Waals surface area contributed by atoms with Gasteiger partial charge in [0.05, 0.1) is 11.0 Å². The van der Waals surface area contributed by atoms with Crippen molar-refractivity contribution in [1.82, 2.24) is 4.57 Å². The van der Waals surface area contributed by atoms with E-state index in [0.29, 0.717) is 0 Å². The summed E-state index contributed by atoms with van der Waals surface area (Å²) in [5, 5.41) is 18.4. The topological polar surface area (TPSA) is 4.93 Å². The van der Waals surface area contributed by atoms with Crippen LogP contribution in [0.25, 0.3) is 114 Å². The van der Waals surface area contributed by atoms with E-state index in [1.807, 2.05) is 0 Å². The first kappa shape index (κ1) is 34.4. The third kappa shape index (κ3) is 5.04. The molecule has 12 rings (SSSR count). The van der Waals surface area contributed by atoms with Gasteiger partial charge in [-0.2, -0.15) is 0 Å². The molecule has 0 saturated heterocycles. The Balaban J connectivity index is 1.07. The van der Waals surface area contributed by atoms with Crippen LogP contribution in [0.15, 0.2) is 164 Å². The molecule has 1 heteroatoms. The predicted molar refractivity (Wildman–Crippen MR) is 256 cm³/mol. The third-order valence-corrected chi connectivity index (χ3v) is 13.3. The molecular formula is C58H45N. The molecule has 0 saturated carbocycles. The Morgan fingerprint density at radius 1 is 0.322 bits per heavy atom.